The first-order chi connectivity index (χ1) is 28.3. The van der Waals surface area contributed by atoms with Gasteiger partial charge in [0.15, 0.2) is 0 Å². The van der Waals surface area contributed by atoms with Gasteiger partial charge in [0, 0.05) is 49.4 Å². The third-order valence-corrected chi connectivity index (χ3v) is 11.8. The minimum Gasteiger partial charge on any atom is -0.309 e. The number of nitrogens with zero attached hydrogens (tertiary/aromatic N) is 3. The first-order valence-corrected chi connectivity index (χ1v) is 19.6. The van der Waals surface area contributed by atoms with Gasteiger partial charge in [-0.2, -0.15) is 0 Å². The van der Waals surface area contributed by atoms with Crippen molar-refractivity contribution in [3.8, 4) is 39.3 Å². The van der Waals surface area contributed by atoms with Gasteiger partial charge in [-0.3, -0.25) is 0 Å². The minimum absolute atomic E-state index is 1.14. The van der Waals surface area contributed by atoms with Crippen LogP contribution in [0.5, 0.6) is 0 Å². The first kappa shape index (κ1) is 31.7. The second kappa shape index (κ2) is 12.5. The number of aromatic nitrogens is 3. The van der Waals surface area contributed by atoms with Crippen molar-refractivity contribution in [1.82, 2.24) is 13.7 Å². The Labute approximate surface area is 329 Å². The molecule has 3 heterocycles. The molecule has 0 aliphatic heterocycles. The van der Waals surface area contributed by atoms with Crippen LogP contribution in [0.1, 0.15) is 0 Å². The summed E-state index contributed by atoms with van der Waals surface area (Å²) in [6, 6.07) is 77.3. The Bertz CT molecular complexity index is 3490. The smallest absolute Gasteiger partial charge is 0.0641 e. The van der Waals surface area contributed by atoms with Crippen LogP contribution in [0.4, 0.5) is 0 Å². The van der Waals surface area contributed by atoms with Crippen molar-refractivity contribution >= 4 is 65.4 Å². The summed E-state index contributed by atoms with van der Waals surface area (Å²) >= 11 is 0. The summed E-state index contributed by atoms with van der Waals surface area (Å²) < 4.78 is 7.32. The topological polar surface area (TPSA) is 14.8 Å². The van der Waals surface area contributed by atoms with Crippen LogP contribution < -0.4 is 0 Å². The summed E-state index contributed by atoms with van der Waals surface area (Å²) in [4.78, 5) is 0. The zero-order valence-electron chi connectivity index (χ0n) is 31.0. The molecule has 3 nitrogen and oxygen atoms in total. The Morgan fingerprint density at radius 2 is 0.737 bits per heavy atom. The fourth-order valence-electron chi connectivity index (χ4n) is 9.42. The summed E-state index contributed by atoms with van der Waals surface area (Å²) in [6.07, 6.45) is 0. The van der Waals surface area contributed by atoms with E-state index in [-0.39, 0.29) is 0 Å². The Balaban J connectivity index is 1.10. The highest BCUT2D eigenvalue weighted by Crippen LogP contribution is 2.43. The quantitative estimate of drug-likeness (QED) is 0.168. The van der Waals surface area contributed by atoms with Gasteiger partial charge >= 0.3 is 0 Å². The van der Waals surface area contributed by atoms with Crippen LogP contribution in [0.2, 0.25) is 0 Å². The Kier molecular flexibility index (Phi) is 6.93. The molecular formula is C54H35N3. The Morgan fingerprint density at radius 3 is 1.47 bits per heavy atom. The molecule has 12 rings (SSSR count). The first-order valence-electron chi connectivity index (χ1n) is 19.6. The SMILES string of the molecule is c1ccc(-c2ccc(-n3c4ccccc4c4ccc5c(c6ccccc6n5-c5cccc(-c6cccc7c6c6ccccc6n7-c6ccccc6)c5)c43)cc2)cc1. The molecule has 0 aliphatic carbocycles. The second-order valence-electron chi connectivity index (χ2n) is 14.9. The summed E-state index contributed by atoms with van der Waals surface area (Å²) in [6.45, 7) is 0. The van der Waals surface area contributed by atoms with Crippen LogP contribution in [0.25, 0.3) is 105 Å². The van der Waals surface area contributed by atoms with Gasteiger partial charge in [0.1, 0.15) is 0 Å². The van der Waals surface area contributed by atoms with Crippen LogP contribution in [-0.2, 0) is 0 Å². The maximum atomic E-state index is 2.47. The lowest BCUT2D eigenvalue weighted by atomic mass is 9.99. The average molecular weight is 726 g/mol. The molecular weight excluding hydrogens is 691 g/mol. The van der Waals surface area contributed by atoms with E-state index in [2.05, 4.69) is 226 Å². The lowest BCUT2D eigenvalue weighted by Crippen LogP contribution is -1.96. The fourth-order valence-corrected chi connectivity index (χ4v) is 9.42. The molecule has 0 unspecified atom stereocenters. The molecule has 0 radical (unpaired) electrons. The molecule has 266 valence electrons. The largest absolute Gasteiger partial charge is 0.309 e. The van der Waals surface area contributed by atoms with Gasteiger partial charge in [-0.25, -0.2) is 0 Å². The number of para-hydroxylation sites is 4. The highest BCUT2D eigenvalue weighted by Gasteiger charge is 2.22. The van der Waals surface area contributed by atoms with Crippen LogP contribution in [0, 0.1) is 0 Å². The van der Waals surface area contributed by atoms with E-state index in [1.54, 1.807) is 0 Å². The van der Waals surface area contributed by atoms with Crippen molar-refractivity contribution in [2.75, 3.05) is 0 Å². The highest BCUT2D eigenvalue weighted by molar-refractivity contribution is 6.26. The number of hydrogen-bond acceptors (Lipinski definition) is 0. The number of benzene rings is 9. The molecule has 57 heavy (non-hydrogen) atoms. The molecule has 0 saturated carbocycles. The van der Waals surface area contributed by atoms with E-state index in [0.717, 1.165) is 17.1 Å². The van der Waals surface area contributed by atoms with E-state index >= 15 is 0 Å². The molecule has 0 saturated heterocycles. The van der Waals surface area contributed by atoms with Gasteiger partial charge in [0.05, 0.1) is 33.1 Å². The van der Waals surface area contributed by atoms with E-state index in [9.17, 15) is 0 Å². The molecule has 12 aromatic rings. The molecule has 0 spiro atoms. The van der Waals surface area contributed by atoms with E-state index in [1.807, 2.05) is 0 Å². The van der Waals surface area contributed by atoms with Crippen LogP contribution in [-0.4, -0.2) is 13.7 Å². The predicted molar refractivity (Wildman–Crippen MR) is 240 cm³/mol. The van der Waals surface area contributed by atoms with E-state index < -0.39 is 0 Å². The summed E-state index contributed by atoms with van der Waals surface area (Å²) in [5.74, 6) is 0. The molecule has 0 N–H and O–H groups in total. The van der Waals surface area contributed by atoms with Crippen molar-refractivity contribution in [3.05, 3.63) is 212 Å². The van der Waals surface area contributed by atoms with Crippen LogP contribution >= 0.6 is 0 Å². The van der Waals surface area contributed by atoms with Crippen LogP contribution in [0.15, 0.2) is 212 Å². The monoisotopic (exact) mass is 725 g/mol. The summed E-state index contributed by atoms with van der Waals surface area (Å²) in [7, 11) is 0. The predicted octanol–water partition coefficient (Wildman–Crippen LogP) is 14.3. The minimum atomic E-state index is 1.14. The summed E-state index contributed by atoms with van der Waals surface area (Å²) in [5, 5.41) is 7.51. The lowest BCUT2D eigenvalue weighted by Gasteiger charge is -2.12. The highest BCUT2D eigenvalue weighted by atomic mass is 15.0. The van der Waals surface area contributed by atoms with Gasteiger partial charge in [-0.15, -0.1) is 0 Å². The average Bonchev–Trinajstić information content (AvgIpc) is 3.93. The zero-order chi connectivity index (χ0) is 37.5. The molecule has 0 atom stereocenters. The maximum Gasteiger partial charge on any atom is 0.0641 e. The van der Waals surface area contributed by atoms with E-state index in [0.29, 0.717) is 0 Å². The fraction of sp³-hybridized carbons (Fsp3) is 0. The number of fused-ring (bicyclic) bond motifs is 10. The van der Waals surface area contributed by atoms with Crippen molar-refractivity contribution in [1.29, 1.82) is 0 Å². The van der Waals surface area contributed by atoms with Gasteiger partial charge in [0.2, 0.25) is 0 Å². The lowest BCUT2D eigenvalue weighted by molar-refractivity contribution is 1.17. The summed E-state index contributed by atoms with van der Waals surface area (Å²) in [5.41, 5.74) is 15.5. The third-order valence-electron chi connectivity index (χ3n) is 11.8. The van der Waals surface area contributed by atoms with Crippen LogP contribution in [0.3, 0.4) is 0 Å². The molecule has 0 bridgehead atoms. The number of hydrogen-bond donors (Lipinski definition) is 0. The Hall–Kier alpha value is -7.62. The van der Waals surface area contributed by atoms with Crippen molar-refractivity contribution < 1.29 is 0 Å². The normalized spacial score (nSPS) is 11.9. The zero-order valence-corrected chi connectivity index (χ0v) is 31.0. The van der Waals surface area contributed by atoms with Crippen molar-refractivity contribution in [3.63, 3.8) is 0 Å². The van der Waals surface area contributed by atoms with Gasteiger partial charge in [-0.05, 0) is 89.0 Å². The van der Waals surface area contributed by atoms with Gasteiger partial charge < -0.3 is 13.7 Å². The van der Waals surface area contributed by atoms with Gasteiger partial charge in [0.25, 0.3) is 0 Å². The molecule has 9 aromatic carbocycles. The molecule has 0 aliphatic rings. The standard InChI is InChI=1S/C54H35N3/c1-3-15-36(16-4-1)37-29-31-40(32-30-37)57-47-25-10-7-21-43(47)44-33-34-51-53(54(44)57)46-23-9-12-27-49(46)56(51)41-20-13-17-38(35-41)42-24-14-28-50-52(42)45-22-8-11-26-48(45)55(50)39-18-5-2-6-19-39/h1-35H. The molecule has 3 aromatic heterocycles. The van der Waals surface area contributed by atoms with Crippen molar-refractivity contribution in [2.45, 2.75) is 0 Å². The maximum absolute atomic E-state index is 2.47. The van der Waals surface area contributed by atoms with Crippen molar-refractivity contribution in [2.24, 2.45) is 0 Å². The van der Waals surface area contributed by atoms with Gasteiger partial charge in [-0.1, -0.05) is 146 Å². The Morgan fingerprint density at radius 1 is 0.246 bits per heavy atom. The molecule has 0 fully saturated rings. The second-order valence-corrected chi connectivity index (χ2v) is 14.9. The van der Waals surface area contributed by atoms with E-state index in [1.165, 1.54) is 87.7 Å². The van der Waals surface area contributed by atoms with E-state index in [4.69, 9.17) is 0 Å². The third kappa shape index (κ3) is 4.73. The molecule has 0 amide bonds. The number of rotatable bonds is 5. The molecule has 3 heteroatoms.